The molecule has 1 aromatic heterocycles. The van der Waals surface area contributed by atoms with Crippen LogP contribution in [-0.4, -0.2) is 21.0 Å². The van der Waals surface area contributed by atoms with Crippen molar-refractivity contribution in [2.75, 3.05) is 0 Å². The summed E-state index contributed by atoms with van der Waals surface area (Å²) in [6.07, 6.45) is 1.73. The second kappa shape index (κ2) is 3.30. The Balaban J connectivity index is 0.000001000. The standard InChI is InChI=1S/C7H10N2O.H2O/c1-5-7(6(2)10)4-9(3)8-5;/h4H,1-3H3;1H2. The number of aryl methyl sites for hydroxylation is 2. The number of nitrogens with zero attached hydrogens (tertiary/aromatic N) is 2. The predicted octanol–water partition coefficient (Wildman–Crippen LogP) is 0.106. The van der Waals surface area contributed by atoms with E-state index in [4.69, 9.17) is 0 Å². The second-order valence-corrected chi connectivity index (χ2v) is 2.36. The Kier molecular flexibility index (Phi) is 2.95. The predicted molar refractivity (Wildman–Crippen MR) is 41.6 cm³/mol. The molecule has 0 radical (unpaired) electrons. The van der Waals surface area contributed by atoms with Gasteiger partial charge in [-0.1, -0.05) is 0 Å². The minimum absolute atomic E-state index is 0. The quantitative estimate of drug-likeness (QED) is 0.541. The summed E-state index contributed by atoms with van der Waals surface area (Å²) in [5, 5.41) is 4.03. The Hall–Kier alpha value is -1.16. The van der Waals surface area contributed by atoms with Gasteiger partial charge in [0.05, 0.1) is 11.3 Å². The van der Waals surface area contributed by atoms with E-state index in [1.54, 1.807) is 24.9 Å². The molecule has 0 spiro atoms. The number of carbonyl (C=O) groups excluding carboxylic acids is 1. The van der Waals surface area contributed by atoms with E-state index in [2.05, 4.69) is 5.10 Å². The molecule has 0 aromatic carbocycles. The Morgan fingerprint density at radius 2 is 2.18 bits per heavy atom. The molecule has 62 valence electrons. The van der Waals surface area contributed by atoms with Gasteiger partial charge in [0.15, 0.2) is 5.78 Å². The van der Waals surface area contributed by atoms with E-state index in [1.165, 1.54) is 0 Å². The van der Waals surface area contributed by atoms with E-state index in [1.807, 2.05) is 6.92 Å². The molecule has 0 saturated heterocycles. The molecule has 0 bridgehead atoms. The Bertz CT molecular complexity index is 265. The van der Waals surface area contributed by atoms with Crippen LogP contribution in [0.25, 0.3) is 0 Å². The van der Waals surface area contributed by atoms with Gasteiger partial charge in [0.2, 0.25) is 0 Å². The third-order valence-electron chi connectivity index (χ3n) is 1.39. The Labute approximate surface area is 65.1 Å². The van der Waals surface area contributed by atoms with Crippen molar-refractivity contribution in [3.8, 4) is 0 Å². The Morgan fingerprint density at radius 1 is 1.64 bits per heavy atom. The van der Waals surface area contributed by atoms with Crippen LogP contribution in [0.2, 0.25) is 0 Å². The summed E-state index contributed by atoms with van der Waals surface area (Å²) in [4.78, 5) is 10.8. The summed E-state index contributed by atoms with van der Waals surface area (Å²) in [7, 11) is 1.80. The normalized spacial score (nSPS) is 9.00. The molecule has 0 atom stereocenters. The van der Waals surface area contributed by atoms with Crippen molar-refractivity contribution in [2.24, 2.45) is 7.05 Å². The van der Waals surface area contributed by atoms with Crippen molar-refractivity contribution in [3.05, 3.63) is 17.5 Å². The van der Waals surface area contributed by atoms with Crippen molar-refractivity contribution in [2.45, 2.75) is 13.8 Å². The molecule has 0 aliphatic heterocycles. The van der Waals surface area contributed by atoms with E-state index in [-0.39, 0.29) is 11.3 Å². The van der Waals surface area contributed by atoms with Crippen LogP contribution in [0.3, 0.4) is 0 Å². The van der Waals surface area contributed by atoms with Crippen LogP contribution in [0.1, 0.15) is 23.0 Å². The average molecular weight is 156 g/mol. The number of aromatic nitrogens is 2. The molecule has 0 amide bonds. The Morgan fingerprint density at radius 3 is 2.36 bits per heavy atom. The van der Waals surface area contributed by atoms with Crippen LogP contribution in [-0.2, 0) is 7.05 Å². The molecule has 4 nitrogen and oxygen atoms in total. The van der Waals surface area contributed by atoms with Gasteiger partial charge in [-0.25, -0.2) is 0 Å². The van der Waals surface area contributed by atoms with Crippen LogP contribution in [0.15, 0.2) is 6.20 Å². The van der Waals surface area contributed by atoms with E-state index in [0.29, 0.717) is 5.56 Å². The van der Waals surface area contributed by atoms with Gasteiger partial charge < -0.3 is 5.48 Å². The first-order chi connectivity index (χ1) is 4.61. The van der Waals surface area contributed by atoms with Crippen molar-refractivity contribution in [1.82, 2.24) is 9.78 Å². The molecule has 1 aromatic rings. The van der Waals surface area contributed by atoms with Crippen LogP contribution in [0.5, 0.6) is 0 Å². The lowest BCUT2D eigenvalue weighted by molar-refractivity contribution is 0.101. The van der Waals surface area contributed by atoms with E-state index in [0.717, 1.165) is 5.69 Å². The van der Waals surface area contributed by atoms with Crippen LogP contribution >= 0.6 is 0 Å². The highest BCUT2D eigenvalue weighted by Crippen LogP contribution is 2.04. The maximum atomic E-state index is 10.8. The number of carbonyl (C=O) groups is 1. The van der Waals surface area contributed by atoms with Crippen molar-refractivity contribution in [1.29, 1.82) is 0 Å². The van der Waals surface area contributed by atoms with Crippen LogP contribution < -0.4 is 0 Å². The lowest BCUT2D eigenvalue weighted by Gasteiger charge is -1.85. The SMILES string of the molecule is CC(=O)c1cn(C)nc1C.O. The fourth-order valence-corrected chi connectivity index (χ4v) is 0.945. The third-order valence-corrected chi connectivity index (χ3v) is 1.39. The van der Waals surface area contributed by atoms with Gasteiger partial charge in [0.1, 0.15) is 0 Å². The maximum absolute atomic E-state index is 10.8. The highest BCUT2D eigenvalue weighted by molar-refractivity contribution is 5.94. The summed E-state index contributed by atoms with van der Waals surface area (Å²) >= 11 is 0. The molecule has 0 saturated carbocycles. The van der Waals surface area contributed by atoms with E-state index >= 15 is 0 Å². The molecular weight excluding hydrogens is 144 g/mol. The van der Waals surface area contributed by atoms with Gasteiger partial charge in [-0.3, -0.25) is 9.48 Å². The number of hydrogen-bond donors (Lipinski definition) is 0. The van der Waals surface area contributed by atoms with Gasteiger partial charge in [0, 0.05) is 13.2 Å². The maximum Gasteiger partial charge on any atom is 0.163 e. The van der Waals surface area contributed by atoms with Crippen molar-refractivity contribution in [3.63, 3.8) is 0 Å². The number of ketones is 1. The van der Waals surface area contributed by atoms with Gasteiger partial charge in [-0.15, -0.1) is 0 Å². The van der Waals surface area contributed by atoms with Crippen LogP contribution in [0.4, 0.5) is 0 Å². The van der Waals surface area contributed by atoms with Gasteiger partial charge in [-0.05, 0) is 13.8 Å². The lowest BCUT2D eigenvalue weighted by Crippen LogP contribution is -1.90. The zero-order chi connectivity index (χ0) is 7.72. The zero-order valence-electron chi connectivity index (χ0n) is 6.88. The van der Waals surface area contributed by atoms with E-state index < -0.39 is 0 Å². The summed E-state index contributed by atoms with van der Waals surface area (Å²) < 4.78 is 1.64. The number of Topliss-reactive ketones (excluding diaryl/α,β-unsaturated/α-hetero) is 1. The summed E-state index contributed by atoms with van der Waals surface area (Å²) in [6.45, 7) is 3.38. The number of rotatable bonds is 1. The molecule has 2 N–H and O–H groups in total. The first-order valence-electron chi connectivity index (χ1n) is 3.12. The first kappa shape index (κ1) is 9.84. The fraction of sp³-hybridized carbons (Fsp3) is 0.429. The minimum atomic E-state index is 0. The molecule has 4 heteroatoms. The zero-order valence-corrected chi connectivity index (χ0v) is 6.88. The van der Waals surface area contributed by atoms with Gasteiger partial charge in [0.25, 0.3) is 0 Å². The molecule has 11 heavy (non-hydrogen) atoms. The fourth-order valence-electron chi connectivity index (χ4n) is 0.945. The van der Waals surface area contributed by atoms with E-state index in [9.17, 15) is 4.79 Å². The lowest BCUT2D eigenvalue weighted by atomic mass is 10.2. The van der Waals surface area contributed by atoms with Gasteiger partial charge >= 0.3 is 0 Å². The number of hydrogen-bond acceptors (Lipinski definition) is 2. The second-order valence-electron chi connectivity index (χ2n) is 2.36. The monoisotopic (exact) mass is 156 g/mol. The smallest absolute Gasteiger partial charge is 0.163 e. The van der Waals surface area contributed by atoms with Gasteiger partial charge in [-0.2, -0.15) is 5.10 Å². The summed E-state index contributed by atoms with van der Waals surface area (Å²) in [5.41, 5.74) is 1.51. The first-order valence-corrected chi connectivity index (χ1v) is 3.12. The molecule has 0 aliphatic carbocycles. The highest BCUT2D eigenvalue weighted by Gasteiger charge is 2.05. The molecular formula is C7H12N2O2. The topological polar surface area (TPSA) is 66.4 Å². The molecule has 0 unspecified atom stereocenters. The molecule has 0 aliphatic rings. The minimum Gasteiger partial charge on any atom is -0.412 e. The highest BCUT2D eigenvalue weighted by atomic mass is 16.1. The summed E-state index contributed by atoms with van der Waals surface area (Å²) in [6, 6.07) is 0. The van der Waals surface area contributed by atoms with Crippen LogP contribution in [0, 0.1) is 6.92 Å². The molecule has 1 rings (SSSR count). The van der Waals surface area contributed by atoms with Crippen molar-refractivity contribution < 1.29 is 10.3 Å². The molecule has 0 fully saturated rings. The van der Waals surface area contributed by atoms with Crippen molar-refractivity contribution >= 4 is 5.78 Å². The largest absolute Gasteiger partial charge is 0.412 e. The summed E-state index contributed by atoms with van der Waals surface area (Å²) in [5.74, 6) is 0.0746. The third kappa shape index (κ3) is 1.88. The average Bonchev–Trinajstić information content (AvgIpc) is 2.10. The molecule has 1 heterocycles.